The number of benzene rings is 3. The van der Waals surface area contributed by atoms with E-state index < -0.39 is 4.92 Å². The van der Waals surface area contributed by atoms with Gasteiger partial charge < -0.3 is 0 Å². The molecule has 4 rings (SSSR count). The summed E-state index contributed by atoms with van der Waals surface area (Å²) in [4.78, 5) is 20.7. The Morgan fingerprint density at radius 3 is 2.28 bits per heavy atom. The van der Waals surface area contributed by atoms with Gasteiger partial charge in [0.1, 0.15) is 0 Å². The maximum absolute atomic E-state index is 11.0. The van der Waals surface area contributed by atoms with Crippen molar-refractivity contribution >= 4 is 40.0 Å². The number of thiazole rings is 1. The first-order chi connectivity index (χ1) is 14.1. The van der Waals surface area contributed by atoms with Crippen LogP contribution in [0.5, 0.6) is 0 Å². The minimum Gasteiger partial charge on any atom is -0.258 e. The molecule has 0 bridgehead atoms. The number of aliphatic imine (C=N–C) groups is 1. The van der Waals surface area contributed by atoms with Crippen molar-refractivity contribution in [3.8, 4) is 21.7 Å². The second kappa shape index (κ2) is 8.34. The van der Waals surface area contributed by atoms with E-state index in [0.717, 1.165) is 27.3 Å². The summed E-state index contributed by atoms with van der Waals surface area (Å²) in [6.07, 6.45) is 1.74. The number of halogens is 1. The predicted octanol–water partition coefficient (Wildman–Crippen LogP) is 6.79. The van der Waals surface area contributed by atoms with Gasteiger partial charge in [0.15, 0.2) is 0 Å². The van der Waals surface area contributed by atoms with Crippen LogP contribution >= 0.6 is 22.9 Å². The second-order valence-electron chi connectivity index (χ2n) is 6.15. The highest BCUT2D eigenvalue weighted by atomic mass is 35.5. The second-order valence-corrected chi connectivity index (χ2v) is 7.57. The number of rotatable bonds is 5. The standard InChI is InChI=1S/C22H14ClN3O2S/c23-18-10-6-15(7-11-18)14-24-22-25-20(16-4-2-1-3-5-16)21(29-22)17-8-12-19(13-9-17)26(27)28/h1-14H. The molecule has 5 nitrogen and oxygen atoms in total. The Balaban J connectivity index is 1.74. The maximum atomic E-state index is 11.0. The molecule has 0 unspecified atom stereocenters. The van der Waals surface area contributed by atoms with Crippen molar-refractivity contribution in [3.05, 3.63) is 99.6 Å². The van der Waals surface area contributed by atoms with Crippen LogP contribution in [-0.4, -0.2) is 16.1 Å². The van der Waals surface area contributed by atoms with Gasteiger partial charge in [0.05, 0.1) is 15.5 Å². The number of nitrogens with zero attached hydrogens (tertiary/aromatic N) is 3. The Hall–Kier alpha value is -3.35. The van der Waals surface area contributed by atoms with Gasteiger partial charge in [0, 0.05) is 28.9 Å². The molecule has 7 heteroatoms. The first-order valence-corrected chi connectivity index (χ1v) is 9.90. The highest BCUT2D eigenvalue weighted by Crippen LogP contribution is 2.40. The maximum Gasteiger partial charge on any atom is 0.269 e. The van der Waals surface area contributed by atoms with E-state index in [1.54, 1.807) is 18.3 Å². The molecule has 142 valence electrons. The summed E-state index contributed by atoms with van der Waals surface area (Å²) in [6, 6.07) is 23.7. The van der Waals surface area contributed by atoms with E-state index in [2.05, 4.69) is 4.99 Å². The molecule has 3 aromatic carbocycles. The molecule has 0 atom stereocenters. The van der Waals surface area contributed by atoms with Crippen molar-refractivity contribution in [2.24, 2.45) is 4.99 Å². The van der Waals surface area contributed by atoms with E-state index in [-0.39, 0.29) is 5.69 Å². The summed E-state index contributed by atoms with van der Waals surface area (Å²) in [7, 11) is 0. The summed E-state index contributed by atoms with van der Waals surface area (Å²) in [5.74, 6) is 0. The van der Waals surface area contributed by atoms with Crippen molar-refractivity contribution in [2.75, 3.05) is 0 Å². The van der Waals surface area contributed by atoms with E-state index >= 15 is 0 Å². The molecule has 1 heterocycles. The number of nitro groups is 1. The molecule has 0 fully saturated rings. The molecule has 0 radical (unpaired) electrons. The minimum atomic E-state index is -0.406. The number of aromatic nitrogens is 1. The molecule has 0 aliphatic heterocycles. The van der Waals surface area contributed by atoms with Crippen molar-refractivity contribution < 1.29 is 4.92 Å². The molecule has 0 saturated carbocycles. The van der Waals surface area contributed by atoms with Crippen LogP contribution in [0.1, 0.15) is 5.56 Å². The van der Waals surface area contributed by atoms with Gasteiger partial charge in [-0.1, -0.05) is 65.4 Å². The minimum absolute atomic E-state index is 0.0560. The summed E-state index contributed by atoms with van der Waals surface area (Å²) < 4.78 is 0. The average molecular weight is 420 g/mol. The van der Waals surface area contributed by atoms with Gasteiger partial charge in [-0.2, -0.15) is 0 Å². The van der Waals surface area contributed by atoms with Gasteiger partial charge >= 0.3 is 0 Å². The lowest BCUT2D eigenvalue weighted by Crippen LogP contribution is -1.87. The summed E-state index contributed by atoms with van der Waals surface area (Å²) >= 11 is 7.36. The topological polar surface area (TPSA) is 68.4 Å². The highest BCUT2D eigenvalue weighted by molar-refractivity contribution is 7.19. The third kappa shape index (κ3) is 4.39. The zero-order valence-corrected chi connectivity index (χ0v) is 16.6. The van der Waals surface area contributed by atoms with Crippen molar-refractivity contribution in [1.82, 2.24) is 4.98 Å². The Bertz CT molecular complexity index is 1170. The summed E-state index contributed by atoms with van der Waals surface area (Å²) in [5, 5.41) is 12.2. The van der Waals surface area contributed by atoms with Gasteiger partial charge in [0.2, 0.25) is 5.13 Å². The van der Waals surface area contributed by atoms with Crippen LogP contribution in [-0.2, 0) is 0 Å². The molecule has 4 aromatic rings. The van der Waals surface area contributed by atoms with Crippen LogP contribution in [0.3, 0.4) is 0 Å². The van der Waals surface area contributed by atoms with Gasteiger partial charge in [0.25, 0.3) is 5.69 Å². The Kier molecular flexibility index (Phi) is 5.46. The molecule has 0 aliphatic carbocycles. The Labute approximate surface area is 176 Å². The highest BCUT2D eigenvalue weighted by Gasteiger charge is 2.15. The SMILES string of the molecule is O=[N+]([O-])c1ccc(-c2sc(N=Cc3ccc(Cl)cc3)nc2-c2ccccc2)cc1. The molecule has 0 amide bonds. The van der Waals surface area contributed by atoms with Crippen molar-refractivity contribution in [1.29, 1.82) is 0 Å². The lowest BCUT2D eigenvalue weighted by atomic mass is 10.1. The molecule has 0 spiro atoms. The van der Waals surface area contributed by atoms with Crippen LogP contribution in [0.4, 0.5) is 10.8 Å². The Morgan fingerprint density at radius 1 is 0.931 bits per heavy atom. The monoisotopic (exact) mass is 419 g/mol. The molecular weight excluding hydrogens is 406 g/mol. The number of hydrogen-bond donors (Lipinski definition) is 0. The van der Waals surface area contributed by atoms with E-state index in [1.165, 1.54) is 23.5 Å². The number of non-ortho nitro benzene ring substituents is 1. The molecular formula is C22H14ClN3O2S. The zero-order valence-electron chi connectivity index (χ0n) is 15.0. The van der Waals surface area contributed by atoms with Crippen LogP contribution in [0.25, 0.3) is 21.7 Å². The first kappa shape index (κ1) is 19.0. The first-order valence-electron chi connectivity index (χ1n) is 8.71. The van der Waals surface area contributed by atoms with Gasteiger partial charge in [-0.3, -0.25) is 10.1 Å². The third-order valence-electron chi connectivity index (χ3n) is 4.20. The fourth-order valence-electron chi connectivity index (χ4n) is 2.76. The van der Waals surface area contributed by atoms with Crippen LogP contribution < -0.4 is 0 Å². The van der Waals surface area contributed by atoms with E-state index in [4.69, 9.17) is 16.6 Å². The smallest absolute Gasteiger partial charge is 0.258 e. The number of nitro benzene ring substituents is 1. The van der Waals surface area contributed by atoms with Gasteiger partial charge in [-0.05, 0) is 35.4 Å². The summed E-state index contributed by atoms with van der Waals surface area (Å²) in [5.41, 5.74) is 3.60. The van der Waals surface area contributed by atoms with Crippen LogP contribution in [0, 0.1) is 10.1 Å². The fraction of sp³-hybridized carbons (Fsp3) is 0. The lowest BCUT2D eigenvalue weighted by molar-refractivity contribution is -0.384. The summed E-state index contributed by atoms with van der Waals surface area (Å²) in [6.45, 7) is 0. The fourth-order valence-corrected chi connectivity index (χ4v) is 3.83. The lowest BCUT2D eigenvalue weighted by Gasteiger charge is -2.02. The molecule has 0 N–H and O–H groups in total. The molecule has 1 aromatic heterocycles. The van der Waals surface area contributed by atoms with E-state index in [1.807, 2.05) is 54.6 Å². The molecule has 29 heavy (non-hydrogen) atoms. The van der Waals surface area contributed by atoms with E-state index in [9.17, 15) is 10.1 Å². The molecule has 0 saturated heterocycles. The van der Waals surface area contributed by atoms with Crippen LogP contribution in [0.2, 0.25) is 5.02 Å². The van der Waals surface area contributed by atoms with E-state index in [0.29, 0.717) is 10.2 Å². The average Bonchev–Trinajstić information content (AvgIpc) is 3.18. The van der Waals surface area contributed by atoms with Crippen molar-refractivity contribution in [3.63, 3.8) is 0 Å². The van der Waals surface area contributed by atoms with Gasteiger partial charge in [-0.25, -0.2) is 9.98 Å². The Morgan fingerprint density at radius 2 is 1.62 bits per heavy atom. The normalized spacial score (nSPS) is 11.1. The van der Waals surface area contributed by atoms with Crippen molar-refractivity contribution in [2.45, 2.75) is 0 Å². The molecule has 0 aliphatic rings. The number of hydrogen-bond acceptors (Lipinski definition) is 5. The largest absolute Gasteiger partial charge is 0.269 e. The predicted molar refractivity (Wildman–Crippen MR) is 118 cm³/mol. The third-order valence-corrected chi connectivity index (χ3v) is 5.46. The van der Waals surface area contributed by atoms with Crippen LogP contribution in [0.15, 0.2) is 83.9 Å². The van der Waals surface area contributed by atoms with Gasteiger partial charge in [-0.15, -0.1) is 0 Å². The zero-order chi connectivity index (χ0) is 20.2. The quantitative estimate of drug-likeness (QED) is 0.203.